The molecule has 0 saturated heterocycles. The summed E-state index contributed by atoms with van der Waals surface area (Å²) in [4.78, 5) is 29.0. The monoisotopic (exact) mass is 248 g/mol. The zero-order valence-corrected chi connectivity index (χ0v) is 10.9. The van der Waals surface area contributed by atoms with Crippen molar-refractivity contribution in [1.82, 2.24) is 0 Å². The van der Waals surface area contributed by atoms with Gasteiger partial charge in [0, 0.05) is 0 Å². The smallest absolute Gasteiger partial charge is 0.447 e. The fraction of sp³-hybridized carbons (Fsp3) is 0.818. The molecule has 0 aliphatic carbocycles. The van der Waals surface area contributed by atoms with Gasteiger partial charge >= 0.3 is 12.3 Å². The lowest BCUT2D eigenvalue weighted by atomic mass is 9.78. The number of carbonyl (C=O) groups is 2. The van der Waals surface area contributed by atoms with Gasteiger partial charge in [-0.25, -0.2) is 9.68 Å². The Morgan fingerprint density at radius 3 is 1.88 bits per heavy atom. The van der Waals surface area contributed by atoms with Gasteiger partial charge in [-0.1, -0.05) is 34.6 Å². The molecule has 0 radical (unpaired) electrons. The zero-order chi connectivity index (χ0) is 13.6. The molecule has 100 valence electrons. The van der Waals surface area contributed by atoms with E-state index in [2.05, 4.69) is 9.78 Å². The van der Waals surface area contributed by atoms with Crippen molar-refractivity contribution < 1.29 is 29.2 Å². The van der Waals surface area contributed by atoms with Gasteiger partial charge in [-0.3, -0.25) is 0 Å². The minimum atomic E-state index is -1.70. The highest BCUT2D eigenvalue weighted by atomic mass is 17.3. The summed E-state index contributed by atoms with van der Waals surface area (Å²) < 4.78 is 5.21. The number of rotatable bonds is 4. The summed E-state index contributed by atoms with van der Waals surface area (Å²) in [5.74, 6) is 0.148. The zero-order valence-electron chi connectivity index (χ0n) is 10.9. The lowest BCUT2D eigenvalue weighted by Crippen LogP contribution is -2.45. The first kappa shape index (κ1) is 15.5. The third kappa shape index (κ3) is 4.13. The summed E-state index contributed by atoms with van der Waals surface area (Å²) in [6.45, 7) is 9.60. The molecule has 1 N–H and O–H groups in total. The van der Waals surface area contributed by atoms with Gasteiger partial charge in [-0.05, 0) is 18.3 Å². The fourth-order valence-corrected chi connectivity index (χ4v) is 2.03. The number of carboxylic acid groups (broad SMARTS) is 1. The second-order valence-corrected chi connectivity index (χ2v) is 4.40. The minimum absolute atomic E-state index is 0.0740. The van der Waals surface area contributed by atoms with Crippen molar-refractivity contribution in [2.45, 2.75) is 46.6 Å². The van der Waals surface area contributed by atoms with Crippen LogP contribution in [0.4, 0.5) is 9.59 Å². The molecule has 0 spiro atoms. The van der Waals surface area contributed by atoms with Gasteiger partial charge in [0.2, 0.25) is 0 Å². The topological polar surface area (TPSA) is 82.1 Å². The molecule has 0 amide bonds. The largest absolute Gasteiger partial charge is 0.550 e. The molecule has 0 aromatic heterocycles. The van der Waals surface area contributed by atoms with E-state index in [9.17, 15) is 9.59 Å². The summed E-state index contributed by atoms with van der Waals surface area (Å²) in [7, 11) is 0. The van der Waals surface area contributed by atoms with E-state index >= 15 is 0 Å². The SMILES string of the molecule is CCC(OC(=O)OOC(=O)O)(C(C)C)C(C)C. The standard InChI is InChI=1S/C11H20O6/c1-6-11(7(2)3,8(4)5)15-10(14)17-16-9(12)13/h7-8H,6H2,1-5H3,(H,12,13). The predicted octanol–water partition coefficient (Wildman–Crippen LogP) is 3.21. The number of carbonyl (C=O) groups excluding carboxylic acids is 1. The number of ether oxygens (including phenoxy) is 1. The molecule has 0 fully saturated rings. The lowest BCUT2D eigenvalue weighted by Gasteiger charge is -2.38. The van der Waals surface area contributed by atoms with E-state index in [1.165, 1.54) is 0 Å². The first-order valence-corrected chi connectivity index (χ1v) is 5.56. The molecule has 0 rings (SSSR count). The molecule has 17 heavy (non-hydrogen) atoms. The van der Waals surface area contributed by atoms with Crippen LogP contribution in [-0.4, -0.2) is 23.0 Å². The van der Waals surface area contributed by atoms with Crippen LogP contribution in [-0.2, 0) is 14.5 Å². The third-order valence-electron chi connectivity index (χ3n) is 2.96. The maximum atomic E-state index is 11.3. The fourth-order valence-electron chi connectivity index (χ4n) is 2.03. The maximum absolute atomic E-state index is 11.3. The van der Waals surface area contributed by atoms with E-state index in [0.717, 1.165) is 0 Å². The van der Waals surface area contributed by atoms with Gasteiger partial charge in [0.25, 0.3) is 0 Å². The van der Waals surface area contributed by atoms with E-state index in [4.69, 9.17) is 9.84 Å². The van der Waals surface area contributed by atoms with Crippen molar-refractivity contribution in [2.75, 3.05) is 0 Å². The van der Waals surface area contributed by atoms with Crippen molar-refractivity contribution in [2.24, 2.45) is 11.8 Å². The molecule has 6 nitrogen and oxygen atoms in total. The Morgan fingerprint density at radius 1 is 1.12 bits per heavy atom. The molecule has 6 heteroatoms. The van der Waals surface area contributed by atoms with Crippen LogP contribution in [0.2, 0.25) is 0 Å². The first-order chi connectivity index (χ1) is 7.76. The average Bonchev–Trinajstić information content (AvgIpc) is 2.22. The Hall–Kier alpha value is -1.46. The maximum Gasteiger partial charge on any atom is 0.550 e. The van der Waals surface area contributed by atoms with Crippen LogP contribution < -0.4 is 0 Å². The molecule has 0 saturated carbocycles. The highest BCUT2D eigenvalue weighted by Crippen LogP contribution is 2.34. The molecule has 0 aromatic carbocycles. The quantitative estimate of drug-likeness (QED) is 0.467. The van der Waals surface area contributed by atoms with E-state index < -0.39 is 17.9 Å². The molecule has 0 bridgehead atoms. The van der Waals surface area contributed by atoms with Crippen molar-refractivity contribution >= 4 is 12.3 Å². The molecular formula is C11H20O6. The highest BCUT2D eigenvalue weighted by molar-refractivity contribution is 5.62. The van der Waals surface area contributed by atoms with E-state index in [1.807, 2.05) is 34.6 Å². The van der Waals surface area contributed by atoms with E-state index in [1.54, 1.807) is 0 Å². The Kier molecular flexibility index (Phi) is 5.78. The Morgan fingerprint density at radius 2 is 1.59 bits per heavy atom. The first-order valence-electron chi connectivity index (χ1n) is 5.56. The van der Waals surface area contributed by atoms with Crippen LogP contribution in [0, 0.1) is 11.8 Å². The molecule has 0 unspecified atom stereocenters. The van der Waals surface area contributed by atoms with Gasteiger partial charge in [-0.15, -0.1) is 0 Å². The summed E-state index contributed by atoms with van der Waals surface area (Å²) in [6, 6.07) is 0. The second kappa shape index (κ2) is 6.32. The molecule has 0 aromatic rings. The third-order valence-corrected chi connectivity index (χ3v) is 2.96. The molecular weight excluding hydrogens is 228 g/mol. The van der Waals surface area contributed by atoms with Crippen LogP contribution in [0.25, 0.3) is 0 Å². The summed E-state index contributed by atoms with van der Waals surface area (Å²) in [5.41, 5.74) is -0.695. The summed E-state index contributed by atoms with van der Waals surface area (Å²) in [5, 5.41) is 8.18. The minimum Gasteiger partial charge on any atom is -0.447 e. The number of hydrogen-bond donors (Lipinski definition) is 1. The molecule has 0 aliphatic rings. The normalized spacial score (nSPS) is 11.5. The van der Waals surface area contributed by atoms with Gasteiger partial charge in [0.05, 0.1) is 0 Å². The summed E-state index contributed by atoms with van der Waals surface area (Å²) >= 11 is 0. The Balaban J connectivity index is 4.64. The number of hydrogen-bond acceptors (Lipinski definition) is 5. The van der Waals surface area contributed by atoms with Crippen molar-refractivity contribution in [3.63, 3.8) is 0 Å². The van der Waals surface area contributed by atoms with Gasteiger partial charge in [0.15, 0.2) is 0 Å². The van der Waals surface area contributed by atoms with E-state index in [0.29, 0.717) is 6.42 Å². The van der Waals surface area contributed by atoms with Crippen LogP contribution >= 0.6 is 0 Å². The average molecular weight is 248 g/mol. The second-order valence-electron chi connectivity index (χ2n) is 4.40. The van der Waals surface area contributed by atoms with E-state index in [-0.39, 0.29) is 11.8 Å². The molecule has 0 heterocycles. The van der Waals surface area contributed by atoms with Gasteiger partial charge in [-0.2, -0.15) is 9.68 Å². The van der Waals surface area contributed by atoms with Gasteiger partial charge < -0.3 is 9.84 Å². The highest BCUT2D eigenvalue weighted by Gasteiger charge is 2.40. The Bertz CT molecular complexity index is 263. The van der Waals surface area contributed by atoms with Crippen molar-refractivity contribution in [3.05, 3.63) is 0 Å². The van der Waals surface area contributed by atoms with Crippen LogP contribution in [0.1, 0.15) is 41.0 Å². The Labute approximate surface area is 101 Å². The van der Waals surface area contributed by atoms with Crippen molar-refractivity contribution in [3.8, 4) is 0 Å². The predicted molar refractivity (Wildman–Crippen MR) is 59.4 cm³/mol. The molecule has 0 atom stereocenters. The van der Waals surface area contributed by atoms with Crippen LogP contribution in [0.15, 0.2) is 0 Å². The van der Waals surface area contributed by atoms with Crippen molar-refractivity contribution in [1.29, 1.82) is 0 Å². The van der Waals surface area contributed by atoms with Crippen LogP contribution in [0.3, 0.4) is 0 Å². The summed E-state index contributed by atoms with van der Waals surface area (Å²) in [6.07, 6.45) is -2.24. The van der Waals surface area contributed by atoms with Gasteiger partial charge in [0.1, 0.15) is 5.60 Å². The lowest BCUT2D eigenvalue weighted by molar-refractivity contribution is -0.231. The van der Waals surface area contributed by atoms with Crippen LogP contribution in [0.5, 0.6) is 0 Å². The molecule has 0 aliphatic heterocycles.